The van der Waals surface area contributed by atoms with E-state index in [1.54, 1.807) is 12.1 Å². The Bertz CT molecular complexity index is 471. The lowest BCUT2D eigenvalue weighted by Crippen LogP contribution is -2.18. The third kappa shape index (κ3) is 3.28. The number of benzene rings is 2. The first-order chi connectivity index (χ1) is 8.18. The van der Waals surface area contributed by atoms with E-state index in [0.29, 0.717) is 5.56 Å². The summed E-state index contributed by atoms with van der Waals surface area (Å²) in [5, 5.41) is 0. The van der Waals surface area contributed by atoms with Crippen LogP contribution in [0.15, 0.2) is 54.6 Å². The Labute approximate surface area is 111 Å². The second-order valence-electron chi connectivity index (χ2n) is 3.85. The van der Waals surface area contributed by atoms with Gasteiger partial charge in [0.1, 0.15) is 0 Å². The van der Waals surface area contributed by atoms with Crippen LogP contribution in [-0.2, 0) is 0 Å². The molecule has 0 aromatic heterocycles. The molecule has 0 bridgehead atoms. The summed E-state index contributed by atoms with van der Waals surface area (Å²) in [6, 6.07) is 15.5. The molecule has 2 aromatic rings. The van der Waals surface area contributed by atoms with E-state index in [9.17, 15) is 8.78 Å². The maximum Gasteiger partial charge on any atom is 0.257 e. The van der Waals surface area contributed by atoms with Crippen molar-refractivity contribution in [3.8, 4) is 11.1 Å². The first kappa shape index (κ1) is 14.6. The standard InChI is InChI=1S/C14H13F2N.ClH/c15-14(16)13(17)12-8-6-11(7-9-12)10-4-2-1-3-5-10;/h1-9,13-14H,17H2;1H/t13-;/m1./s1. The van der Waals surface area contributed by atoms with Crippen LogP contribution in [0.3, 0.4) is 0 Å². The molecule has 0 aliphatic carbocycles. The van der Waals surface area contributed by atoms with Crippen molar-refractivity contribution in [2.75, 3.05) is 0 Å². The Morgan fingerprint density at radius 3 is 1.78 bits per heavy atom. The molecule has 2 rings (SSSR count). The average Bonchev–Trinajstić information content (AvgIpc) is 2.39. The molecule has 0 aliphatic heterocycles. The van der Waals surface area contributed by atoms with E-state index in [4.69, 9.17) is 5.73 Å². The van der Waals surface area contributed by atoms with Gasteiger partial charge >= 0.3 is 0 Å². The number of rotatable bonds is 3. The maximum absolute atomic E-state index is 12.4. The first-order valence-corrected chi connectivity index (χ1v) is 5.37. The summed E-state index contributed by atoms with van der Waals surface area (Å²) in [6.07, 6.45) is -2.53. The van der Waals surface area contributed by atoms with E-state index in [-0.39, 0.29) is 12.4 Å². The predicted molar refractivity (Wildman–Crippen MR) is 72.1 cm³/mol. The van der Waals surface area contributed by atoms with Gasteiger partial charge in [0.15, 0.2) is 0 Å². The smallest absolute Gasteiger partial charge is 0.257 e. The highest BCUT2D eigenvalue weighted by atomic mass is 35.5. The van der Waals surface area contributed by atoms with Gasteiger partial charge in [-0.05, 0) is 16.7 Å². The van der Waals surface area contributed by atoms with Gasteiger partial charge in [0.05, 0.1) is 6.04 Å². The number of nitrogens with two attached hydrogens (primary N) is 1. The molecule has 0 unspecified atom stereocenters. The summed E-state index contributed by atoms with van der Waals surface area (Å²) in [5.41, 5.74) is 7.89. The molecule has 0 heterocycles. The fourth-order valence-electron chi connectivity index (χ4n) is 1.67. The summed E-state index contributed by atoms with van der Waals surface area (Å²) in [5.74, 6) is 0. The zero-order valence-electron chi connectivity index (χ0n) is 9.59. The summed E-state index contributed by atoms with van der Waals surface area (Å²) in [6.45, 7) is 0. The third-order valence-corrected chi connectivity index (χ3v) is 2.67. The fraction of sp³-hybridized carbons (Fsp3) is 0.143. The van der Waals surface area contributed by atoms with Gasteiger partial charge in [-0.3, -0.25) is 0 Å². The first-order valence-electron chi connectivity index (χ1n) is 5.37. The van der Waals surface area contributed by atoms with Crippen molar-refractivity contribution in [3.05, 3.63) is 60.2 Å². The number of hydrogen-bond donors (Lipinski definition) is 1. The van der Waals surface area contributed by atoms with E-state index in [1.165, 1.54) is 0 Å². The van der Waals surface area contributed by atoms with Crippen molar-refractivity contribution in [2.24, 2.45) is 5.73 Å². The Hall–Kier alpha value is -1.45. The second kappa shape index (κ2) is 6.47. The second-order valence-corrected chi connectivity index (χ2v) is 3.85. The lowest BCUT2D eigenvalue weighted by atomic mass is 10.0. The van der Waals surface area contributed by atoms with Gasteiger partial charge in [-0.25, -0.2) is 8.78 Å². The highest BCUT2D eigenvalue weighted by Crippen LogP contribution is 2.23. The van der Waals surface area contributed by atoms with E-state index >= 15 is 0 Å². The van der Waals surface area contributed by atoms with Crippen molar-refractivity contribution >= 4 is 12.4 Å². The normalized spacial score (nSPS) is 12.0. The van der Waals surface area contributed by atoms with Crippen LogP contribution in [-0.4, -0.2) is 6.43 Å². The highest BCUT2D eigenvalue weighted by Gasteiger charge is 2.16. The Morgan fingerprint density at radius 1 is 0.778 bits per heavy atom. The molecule has 0 aliphatic rings. The maximum atomic E-state index is 12.4. The van der Waals surface area contributed by atoms with Crippen LogP contribution in [0.1, 0.15) is 11.6 Å². The lowest BCUT2D eigenvalue weighted by molar-refractivity contribution is 0.116. The van der Waals surface area contributed by atoms with Crippen LogP contribution in [0.2, 0.25) is 0 Å². The Balaban J connectivity index is 0.00000162. The molecule has 0 saturated heterocycles. The van der Waals surface area contributed by atoms with Crippen molar-refractivity contribution in [1.29, 1.82) is 0 Å². The van der Waals surface area contributed by atoms with E-state index in [1.807, 2.05) is 42.5 Å². The molecule has 0 fully saturated rings. The van der Waals surface area contributed by atoms with Crippen LogP contribution in [0, 0.1) is 0 Å². The van der Waals surface area contributed by atoms with Gasteiger partial charge in [0.2, 0.25) is 0 Å². The van der Waals surface area contributed by atoms with Gasteiger partial charge in [-0.1, -0.05) is 54.6 Å². The topological polar surface area (TPSA) is 26.0 Å². The number of hydrogen-bond acceptors (Lipinski definition) is 1. The minimum Gasteiger partial charge on any atom is -0.319 e. The molecule has 4 heteroatoms. The van der Waals surface area contributed by atoms with Crippen LogP contribution < -0.4 is 5.73 Å². The average molecular weight is 270 g/mol. The molecule has 18 heavy (non-hydrogen) atoms. The zero-order valence-corrected chi connectivity index (χ0v) is 10.4. The molecule has 2 aromatic carbocycles. The van der Waals surface area contributed by atoms with E-state index in [2.05, 4.69) is 0 Å². The zero-order chi connectivity index (χ0) is 12.3. The summed E-state index contributed by atoms with van der Waals surface area (Å²) < 4.78 is 24.8. The fourth-order valence-corrected chi connectivity index (χ4v) is 1.67. The van der Waals surface area contributed by atoms with Gasteiger partial charge in [0.25, 0.3) is 6.43 Å². The minimum absolute atomic E-state index is 0. The van der Waals surface area contributed by atoms with E-state index in [0.717, 1.165) is 11.1 Å². The minimum atomic E-state index is -2.53. The molecule has 0 radical (unpaired) electrons. The summed E-state index contributed by atoms with van der Waals surface area (Å²) >= 11 is 0. The molecule has 0 amide bonds. The molecule has 1 atom stereocenters. The molecular formula is C14H14ClF2N. The predicted octanol–water partition coefficient (Wildman–Crippen LogP) is 4.04. The van der Waals surface area contributed by atoms with Crippen molar-refractivity contribution in [1.82, 2.24) is 0 Å². The van der Waals surface area contributed by atoms with Gasteiger partial charge < -0.3 is 5.73 Å². The Morgan fingerprint density at radius 2 is 1.28 bits per heavy atom. The van der Waals surface area contributed by atoms with E-state index < -0.39 is 12.5 Å². The molecule has 96 valence electrons. The monoisotopic (exact) mass is 269 g/mol. The molecule has 0 spiro atoms. The van der Waals surface area contributed by atoms with Gasteiger partial charge in [-0.2, -0.15) is 0 Å². The van der Waals surface area contributed by atoms with Crippen molar-refractivity contribution in [2.45, 2.75) is 12.5 Å². The van der Waals surface area contributed by atoms with Gasteiger partial charge in [0, 0.05) is 0 Å². The molecule has 1 nitrogen and oxygen atoms in total. The quantitative estimate of drug-likeness (QED) is 0.894. The third-order valence-electron chi connectivity index (χ3n) is 2.67. The number of alkyl halides is 2. The van der Waals surface area contributed by atoms with Crippen LogP contribution in [0.25, 0.3) is 11.1 Å². The Kier molecular flexibility index (Phi) is 5.25. The van der Waals surface area contributed by atoms with Gasteiger partial charge in [-0.15, -0.1) is 12.4 Å². The SMILES string of the molecule is Cl.N[C@H](c1ccc(-c2ccccc2)cc1)C(F)F. The van der Waals surface area contributed by atoms with Crippen molar-refractivity contribution in [3.63, 3.8) is 0 Å². The van der Waals surface area contributed by atoms with Crippen LogP contribution in [0.5, 0.6) is 0 Å². The summed E-state index contributed by atoms with van der Waals surface area (Å²) in [7, 11) is 0. The summed E-state index contributed by atoms with van der Waals surface area (Å²) in [4.78, 5) is 0. The molecule has 2 N–H and O–H groups in total. The van der Waals surface area contributed by atoms with Crippen LogP contribution in [0.4, 0.5) is 8.78 Å². The largest absolute Gasteiger partial charge is 0.319 e. The highest BCUT2D eigenvalue weighted by molar-refractivity contribution is 5.85. The van der Waals surface area contributed by atoms with Crippen LogP contribution >= 0.6 is 12.4 Å². The van der Waals surface area contributed by atoms with Crippen molar-refractivity contribution < 1.29 is 8.78 Å². The molecule has 0 saturated carbocycles. The number of halogens is 3. The molecular weight excluding hydrogens is 256 g/mol. The lowest BCUT2D eigenvalue weighted by Gasteiger charge is -2.11.